The predicted octanol–water partition coefficient (Wildman–Crippen LogP) is 1.52. The van der Waals surface area contributed by atoms with Crippen LogP contribution in [0, 0.1) is 0 Å². The van der Waals surface area contributed by atoms with Crippen molar-refractivity contribution in [3.8, 4) is 5.75 Å². The molecule has 2 aromatic rings. The fourth-order valence-electron chi connectivity index (χ4n) is 3.10. The zero-order valence-electron chi connectivity index (χ0n) is 15.7. The first-order valence-corrected chi connectivity index (χ1v) is 11.8. The van der Waals surface area contributed by atoms with Crippen LogP contribution in [0.3, 0.4) is 0 Å². The van der Waals surface area contributed by atoms with E-state index in [-0.39, 0.29) is 39.9 Å². The molecule has 1 fully saturated rings. The number of rotatable bonds is 6. The molecular formula is C18H21N3O6S2. The Hall–Kier alpha value is -2.79. The maximum absolute atomic E-state index is 13.0. The van der Waals surface area contributed by atoms with Crippen molar-refractivity contribution in [1.82, 2.24) is 0 Å². The molecule has 9 nitrogen and oxygen atoms in total. The number of carbonyl (C=O) groups excluding carboxylic acids is 1. The Morgan fingerprint density at radius 1 is 1.17 bits per heavy atom. The van der Waals surface area contributed by atoms with Gasteiger partial charge in [-0.05, 0) is 43.2 Å². The summed E-state index contributed by atoms with van der Waals surface area (Å²) in [5.41, 5.74) is 5.55. The topological polar surface area (TPSA) is 136 Å². The molecule has 1 saturated heterocycles. The molecule has 3 rings (SSSR count). The molecule has 0 aliphatic carbocycles. The van der Waals surface area contributed by atoms with Gasteiger partial charge in [0.15, 0.2) is 0 Å². The van der Waals surface area contributed by atoms with E-state index in [0.29, 0.717) is 12.8 Å². The fraction of sp³-hybridized carbons (Fsp3) is 0.278. The SMILES string of the molecule is COc1ccc(N2CCCCS2(=O)=O)cc1S(=O)(=O)Nc1ccccc1C(N)=O. The number of methoxy groups -OCH3 is 1. The normalized spacial score (nSPS) is 16.2. The number of hydrogen-bond acceptors (Lipinski definition) is 6. The van der Waals surface area contributed by atoms with Gasteiger partial charge in [-0.2, -0.15) is 0 Å². The van der Waals surface area contributed by atoms with Gasteiger partial charge >= 0.3 is 0 Å². The molecule has 0 bridgehead atoms. The monoisotopic (exact) mass is 439 g/mol. The van der Waals surface area contributed by atoms with E-state index in [1.54, 1.807) is 12.1 Å². The molecule has 0 aromatic heterocycles. The second kappa shape index (κ2) is 7.91. The fourth-order valence-corrected chi connectivity index (χ4v) is 6.00. The van der Waals surface area contributed by atoms with Crippen LogP contribution in [-0.2, 0) is 20.0 Å². The Bertz CT molecular complexity index is 1150. The van der Waals surface area contributed by atoms with E-state index < -0.39 is 26.0 Å². The lowest BCUT2D eigenvalue weighted by Crippen LogP contribution is -2.37. The maximum atomic E-state index is 13.0. The van der Waals surface area contributed by atoms with Gasteiger partial charge in [-0.15, -0.1) is 0 Å². The van der Waals surface area contributed by atoms with Crippen molar-refractivity contribution in [3.63, 3.8) is 0 Å². The second-order valence-electron chi connectivity index (χ2n) is 6.45. The van der Waals surface area contributed by atoms with Crippen molar-refractivity contribution >= 4 is 37.3 Å². The number of anilines is 2. The number of nitrogens with zero attached hydrogens (tertiary/aromatic N) is 1. The lowest BCUT2D eigenvalue weighted by atomic mass is 10.2. The van der Waals surface area contributed by atoms with E-state index in [0.717, 1.165) is 0 Å². The third-order valence-corrected chi connectivity index (χ3v) is 7.77. The zero-order valence-corrected chi connectivity index (χ0v) is 17.3. The zero-order chi connectivity index (χ0) is 21.2. The molecule has 0 radical (unpaired) electrons. The van der Waals surface area contributed by atoms with Crippen LogP contribution in [0.1, 0.15) is 23.2 Å². The molecule has 29 heavy (non-hydrogen) atoms. The maximum Gasteiger partial charge on any atom is 0.265 e. The van der Waals surface area contributed by atoms with Gasteiger partial charge in [-0.1, -0.05) is 12.1 Å². The number of nitrogens with two attached hydrogens (primary N) is 1. The minimum atomic E-state index is -4.21. The predicted molar refractivity (Wildman–Crippen MR) is 109 cm³/mol. The summed E-state index contributed by atoms with van der Waals surface area (Å²) < 4.78 is 59.6. The summed E-state index contributed by atoms with van der Waals surface area (Å²) in [5, 5.41) is 0. The number of sulfonamides is 2. The van der Waals surface area contributed by atoms with Gasteiger partial charge < -0.3 is 10.5 Å². The number of primary amides is 1. The first kappa shape index (κ1) is 20.9. The smallest absolute Gasteiger partial charge is 0.265 e. The quantitative estimate of drug-likeness (QED) is 0.700. The Labute approximate surface area is 169 Å². The summed E-state index contributed by atoms with van der Waals surface area (Å²) in [5.74, 6) is -0.749. The van der Waals surface area contributed by atoms with Gasteiger partial charge in [0, 0.05) is 6.54 Å². The third kappa shape index (κ3) is 4.30. The molecule has 0 atom stereocenters. The number of hydrogen-bond donors (Lipinski definition) is 2. The van der Waals surface area contributed by atoms with Crippen molar-refractivity contribution in [2.24, 2.45) is 5.73 Å². The number of carbonyl (C=O) groups is 1. The molecule has 156 valence electrons. The first-order chi connectivity index (χ1) is 13.7. The van der Waals surface area contributed by atoms with Crippen LogP contribution in [0.5, 0.6) is 5.75 Å². The number of nitrogens with one attached hydrogen (secondary N) is 1. The van der Waals surface area contributed by atoms with Gasteiger partial charge in [0.1, 0.15) is 10.6 Å². The summed E-state index contributed by atoms with van der Waals surface area (Å²) in [6.07, 6.45) is 1.24. The number of ether oxygens (including phenoxy) is 1. The minimum Gasteiger partial charge on any atom is -0.495 e. The van der Waals surface area contributed by atoms with E-state index in [2.05, 4.69) is 4.72 Å². The van der Waals surface area contributed by atoms with Crippen molar-refractivity contribution in [2.75, 3.05) is 28.4 Å². The summed E-state index contributed by atoms with van der Waals surface area (Å²) in [7, 11) is -6.43. The van der Waals surface area contributed by atoms with E-state index in [1.807, 2.05) is 0 Å². The molecule has 1 amide bonds. The van der Waals surface area contributed by atoms with Crippen LogP contribution in [0.4, 0.5) is 11.4 Å². The average Bonchev–Trinajstić information content (AvgIpc) is 2.67. The standard InChI is InChI=1S/C18H21N3O6S2/c1-27-16-9-8-13(21-10-4-5-11-28(21,23)24)12-17(16)29(25,26)20-15-7-3-2-6-14(15)18(19)22/h2-3,6-9,12,20H,4-5,10-11H2,1H3,(H2,19,22). The number of benzene rings is 2. The molecular weight excluding hydrogens is 418 g/mol. The first-order valence-electron chi connectivity index (χ1n) is 8.76. The molecule has 1 aliphatic heterocycles. The highest BCUT2D eigenvalue weighted by molar-refractivity contribution is 7.93. The lowest BCUT2D eigenvalue weighted by Gasteiger charge is -2.28. The number of amides is 1. The number of para-hydroxylation sites is 1. The van der Waals surface area contributed by atoms with E-state index in [9.17, 15) is 21.6 Å². The summed E-state index contributed by atoms with van der Waals surface area (Å²) in [4.78, 5) is 11.3. The van der Waals surface area contributed by atoms with Crippen LogP contribution in [0.2, 0.25) is 0 Å². The van der Waals surface area contributed by atoms with Crippen molar-refractivity contribution < 1.29 is 26.4 Å². The van der Waals surface area contributed by atoms with Gasteiger partial charge in [0.05, 0.1) is 29.8 Å². The minimum absolute atomic E-state index is 0.00445. The van der Waals surface area contributed by atoms with Gasteiger partial charge in [0.2, 0.25) is 10.0 Å². The molecule has 11 heteroatoms. The molecule has 3 N–H and O–H groups in total. The van der Waals surface area contributed by atoms with Gasteiger partial charge in [0.25, 0.3) is 15.9 Å². The summed E-state index contributed by atoms with van der Waals surface area (Å²) >= 11 is 0. The van der Waals surface area contributed by atoms with E-state index >= 15 is 0 Å². The largest absolute Gasteiger partial charge is 0.495 e. The molecule has 0 unspecified atom stereocenters. The molecule has 0 spiro atoms. The highest BCUT2D eigenvalue weighted by Crippen LogP contribution is 2.33. The van der Waals surface area contributed by atoms with Gasteiger partial charge in [-0.3, -0.25) is 13.8 Å². The second-order valence-corrected chi connectivity index (χ2v) is 10.1. The third-order valence-electron chi connectivity index (χ3n) is 4.51. The van der Waals surface area contributed by atoms with Crippen LogP contribution in [0.25, 0.3) is 0 Å². The average molecular weight is 440 g/mol. The Morgan fingerprint density at radius 2 is 1.90 bits per heavy atom. The van der Waals surface area contributed by atoms with Crippen molar-refractivity contribution in [3.05, 3.63) is 48.0 Å². The van der Waals surface area contributed by atoms with Crippen molar-refractivity contribution in [1.29, 1.82) is 0 Å². The Kier molecular flexibility index (Phi) is 5.71. The van der Waals surface area contributed by atoms with Crippen LogP contribution < -0.4 is 19.5 Å². The molecule has 0 saturated carbocycles. The molecule has 2 aromatic carbocycles. The van der Waals surface area contributed by atoms with Crippen LogP contribution in [0.15, 0.2) is 47.4 Å². The Balaban J connectivity index is 2.06. The summed E-state index contributed by atoms with van der Waals surface area (Å²) in [6, 6.07) is 10.1. The molecule has 1 heterocycles. The van der Waals surface area contributed by atoms with Crippen LogP contribution in [-0.4, -0.2) is 42.2 Å². The highest BCUT2D eigenvalue weighted by Gasteiger charge is 2.29. The summed E-state index contributed by atoms with van der Waals surface area (Å²) in [6.45, 7) is 0.270. The lowest BCUT2D eigenvalue weighted by molar-refractivity contribution is 0.100. The Morgan fingerprint density at radius 3 is 2.55 bits per heavy atom. The van der Waals surface area contributed by atoms with Crippen LogP contribution >= 0.6 is 0 Å². The van der Waals surface area contributed by atoms with Crippen molar-refractivity contribution in [2.45, 2.75) is 17.7 Å². The molecule has 1 aliphatic rings. The van der Waals surface area contributed by atoms with E-state index in [1.165, 1.54) is 41.7 Å². The highest BCUT2D eigenvalue weighted by atomic mass is 32.2. The van der Waals surface area contributed by atoms with Gasteiger partial charge in [-0.25, -0.2) is 16.8 Å². The van der Waals surface area contributed by atoms with E-state index in [4.69, 9.17) is 10.5 Å².